The molecule has 1 N–H and O–H groups in total. The highest BCUT2D eigenvalue weighted by Crippen LogP contribution is 2.31. The summed E-state index contributed by atoms with van der Waals surface area (Å²) in [6.07, 6.45) is -4.36. The quantitative estimate of drug-likeness (QED) is 0.861. The zero-order valence-electron chi connectivity index (χ0n) is 11.4. The van der Waals surface area contributed by atoms with Crippen molar-refractivity contribution in [3.8, 4) is 0 Å². The molecule has 2 rings (SSSR count). The number of halogens is 3. The van der Waals surface area contributed by atoms with Crippen LogP contribution in [0.3, 0.4) is 0 Å². The van der Waals surface area contributed by atoms with Crippen molar-refractivity contribution in [2.75, 3.05) is 24.5 Å². The Balaban J connectivity index is 2.28. The van der Waals surface area contributed by atoms with Crippen LogP contribution in [0.1, 0.15) is 19.4 Å². The maximum absolute atomic E-state index is 12.5. The number of hydrogen-bond donors (Lipinski definition) is 1. The summed E-state index contributed by atoms with van der Waals surface area (Å²) in [6, 6.07) is 4.71. The topological polar surface area (TPSA) is 32.3 Å². The zero-order valence-corrected chi connectivity index (χ0v) is 11.4. The summed E-state index contributed by atoms with van der Waals surface area (Å²) >= 11 is 0. The van der Waals surface area contributed by atoms with Gasteiger partial charge in [-0.25, -0.2) is 0 Å². The molecule has 6 heteroatoms. The maximum atomic E-state index is 12.5. The van der Waals surface area contributed by atoms with E-state index in [2.05, 4.69) is 5.32 Å². The maximum Gasteiger partial charge on any atom is 0.416 e. The number of amides is 1. The fourth-order valence-corrected chi connectivity index (χ4v) is 2.21. The molecule has 1 aliphatic heterocycles. The molecule has 1 heterocycles. The molecule has 3 nitrogen and oxygen atoms in total. The van der Waals surface area contributed by atoms with Crippen LogP contribution < -0.4 is 10.2 Å². The van der Waals surface area contributed by atoms with E-state index in [4.69, 9.17) is 0 Å². The largest absolute Gasteiger partial charge is 0.416 e. The van der Waals surface area contributed by atoms with Gasteiger partial charge in [-0.15, -0.1) is 0 Å². The third-order valence-corrected chi connectivity index (χ3v) is 3.41. The number of alkyl halides is 3. The number of rotatable bonds is 1. The number of carbonyl (C=O) groups is 1. The van der Waals surface area contributed by atoms with Gasteiger partial charge in [-0.05, 0) is 38.1 Å². The summed E-state index contributed by atoms with van der Waals surface area (Å²) in [5, 5.41) is 3.16. The van der Waals surface area contributed by atoms with Gasteiger partial charge < -0.3 is 10.2 Å². The van der Waals surface area contributed by atoms with Gasteiger partial charge in [-0.2, -0.15) is 13.2 Å². The second-order valence-electron chi connectivity index (χ2n) is 5.56. The molecule has 0 aromatic heterocycles. The highest BCUT2D eigenvalue weighted by molar-refractivity contribution is 5.97. The Morgan fingerprint density at radius 3 is 2.35 bits per heavy atom. The molecule has 0 atom stereocenters. The standard InChI is InChI=1S/C14H17F3N2O/c1-13(2)9-18-7-8-19(12(13)20)11-5-3-10(4-6-11)14(15,16)17/h3-6,18H,7-9H2,1-2H3. The van der Waals surface area contributed by atoms with E-state index in [-0.39, 0.29) is 5.91 Å². The predicted molar refractivity (Wildman–Crippen MR) is 70.4 cm³/mol. The van der Waals surface area contributed by atoms with Crippen LogP contribution in [0.2, 0.25) is 0 Å². The van der Waals surface area contributed by atoms with Crippen LogP contribution in [0, 0.1) is 5.41 Å². The first kappa shape index (κ1) is 14.8. The Hall–Kier alpha value is -1.56. The van der Waals surface area contributed by atoms with E-state index in [9.17, 15) is 18.0 Å². The van der Waals surface area contributed by atoms with Gasteiger partial charge in [0.1, 0.15) is 0 Å². The summed E-state index contributed by atoms with van der Waals surface area (Å²) < 4.78 is 37.6. The summed E-state index contributed by atoms with van der Waals surface area (Å²) in [5.41, 5.74) is -0.778. The van der Waals surface area contributed by atoms with Crippen molar-refractivity contribution in [1.29, 1.82) is 0 Å². The first-order chi connectivity index (χ1) is 9.22. The second kappa shape index (κ2) is 5.09. The molecule has 1 aliphatic rings. The van der Waals surface area contributed by atoms with Crippen molar-refractivity contribution < 1.29 is 18.0 Å². The van der Waals surface area contributed by atoms with Crippen molar-refractivity contribution in [1.82, 2.24) is 5.32 Å². The van der Waals surface area contributed by atoms with Gasteiger partial charge in [0.2, 0.25) is 5.91 Å². The van der Waals surface area contributed by atoms with Crippen LogP contribution in [0.5, 0.6) is 0 Å². The molecule has 0 radical (unpaired) electrons. The average Bonchev–Trinajstić information content (AvgIpc) is 2.49. The van der Waals surface area contributed by atoms with Crippen LogP contribution in [0.4, 0.5) is 18.9 Å². The van der Waals surface area contributed by atoms with E-state index >= 15 is 0 Å². The fraction of sp³-hybridized carbons (Fsp3) is 0.500. The SMILES string of the molecule is CC1(C)CNCCN(c2ccc(C(F)(F)F)cc2)C1=O. The summed E-state index contributed by atoms with van der Waals surface area (Å²) in [7, 11) is 0. The van der Waals surface area contributed by atoms with E-state index in [1.54, 1.807) is 4.90 Å². The third kappa shape index (κ3) is 2.95. The van der Waals surface area contributed by atoms with Crippen LogP contribution in [0.15, 0.2) is 24.3 Å². The predicted octanol–water partition coefficient (Wildman–Crippen LogP) is 2.67. The van der Waals surface area contributed by atoms with Crippen LogP contribution in [0.25, 0.3) is 0 Å². The van der Waals surface area contributed by atoms with E-state index in [1.807, 2.05) is 13.8 Å². The van der Waals surface area contributed by atoms with E-state index < -0.39 is 17.2 Å². The average molecular weight is 286 g/mol. The monoisotopic (exact) mass is 286 g/mol. The number of nitrogens with zero attached hydrogens (tertiary/aromatic N) is 1. The zero-order chi connectivity index (χ0) is 15.0. The van der Waals surface area contributed by atoms with Gasteiger partial charge in [0.15, 0.2) is 0 Å². The first-order valence-electron chi connectivity index (χ1n) is 6.42. The van der Waals surface area contributed by atoms with Gasteiger partial charge in [0, 0.05) is 25.3 Å². The van der Waals surface area contributed by atoms with Gasteiger partial charge in [0.25, 0.3) is 0 Å². The minimum atomic E-state index is -4.36. The van der Waals surface area contributed by atoms with E-state index in [0.717, 1.165) is 12.1 Å². The molecule has 0 aliphatic carbocycles. The first-order valence-corrected chi connectivity index (χ1v) is 6.42. The molecular formula is C14H17F3N2O. The third-order valence-electron chi connectivity index (χ3n) is 3.41. The Bertz CT molecular complexity index is 494. The lowest BCUT2D eigenvalue weighted by Gasteiger charge is -2.28. The molecule has 0 unspecified atom stereocenters. The van der Waals surface area contributed by atoms with Crippen molar-refractivity contribution in [3.05, 3.63) is 29.8 Å². The summed E-state index contributed by atoms with van der Waals surface area (Å²) in [6.45, 7) is 5.28. The molecule has 1 aromatic carbocycles. The summed E-state index contributed by atoms with van der Waals surface area (Å²) in [4.78, 5) is 14.0. The van der Waals surface area contributed by atoms with Crippen LogP contribution in [-0.2, 0) is 11.0 Å². The number of benzene rings is 1. The lowest BCUT2D eigenvalue weighted by molar-refractivity contribution is -0.137. The van der Waals surface area contributed by atoms with Gasteiger partial charge in [0.05, 0.1) is 11.0 Å². The normalized spacial score (nSPS) is 19.9. The Morgan fingerprint density at radius 1 is 1.20 bits per heavy atom. The Morgan fingerprint density at radius 2 is 1.80 bits per heavy atom. The van der Waals surface area contributed by atoms with Gasteiger partial charge >= 0.3 is 6.18 Å². The number of carbonyl (C=O) groups excluding carboxylic acids is 1. The van der Waals surface area contributed by atoms with Gasteiger partial charge in [-0.3, -0.25) is 4.79 Å². The Kier molecular flexibility index (Phi) is 3.77. The number of anilines is 1. The lowest BCUT2D eigenvalue weighted by Crippen LogP contribution is -2.41. The molecular weight excluding hydrogens is 269 g/mol. The van der Waals surface area contributed by atoms with Gasteiger partial charge in [-0.1, -0.05) is 0 Å². The fourth-order valence-electron chi connectivity index (χ4n) is 2.21. The minimum absolute atomic E-state index is 0.0812. The molecule has 110 valence electrons. The second-order valence-corrected chi connectivity index (χ2v) is 5.56. The van der Waals surface area contributed by atoms with Crippen molar-refractivity contribution in [3.63, 3.8) is 0 Å². The van der Waals surface area contributed by atoms with Crippen LogP contribution in [-0.4, -0.2) is 25.5 Å². The highest BCUT2D eigenvalue weighted by atomic mass is 19.4. The number of hydrogen-bond acceptors (Lipinski definition) is 2. The highest BCUT2D eigenvalue weighted by Gasteiger charge is 2.35. The molecule has 0 bridgehead atoms. The molecule has 0 spiro atoms. The molecule has 0 saturated carbocycles. The smallest absolute Gasteiger partial charge is 0.314 e. The molecule has 1 fully saturated rings. The lowest BCUT2D eigenvalue weighted by atomic mass is 9.92. The molecule has 20 heavy (non-hydrogen) atoms. The summed E-state index contributed by atoms with van der Waals surface area (Å²) in [5.74, 6) is -0.0812. The number of nitrogens with one attached hydrogen (secondary N) is 1. The van der Waals surface area contributed by atoms with Crippen molar-refractivity contribution in [2.45, 2.75) is 20.0 Å². The van der Waals surface area contributed by atoms with Crippen molar-refractivity contribution >= 4 is 11.6 Å². The molecule has 1 aromatic rings. The van der Waals surface area contributed by atoms with E-state index in [1.165, 1.54) is 12.1 Å². The van der Waals surface area contributed by atoms with E-state index in [0.29, 0.717) is 25.3 Å². The molecule has 1 amide bonds. The molecule has 1 saturated heterocycles. The van der Waals surface area contributed by atoms with Crippen molar-refractivity contribution in [2.24, 2.45) is 5.41 Å². The Labute approximate surface area is 115 Å². The van der Waals surface area contributed by atoms with Crippen LogP contribution >= 0.6 is 0 Å². The minimum Gasteiger partial charge on any atom is -0.314 e.